The summed E-state index contributed by atoms with van der Waals surface area (Å²) in [5.41, 5.74) is 6.75. The second-order valence-corrected chi connectivity index (χ2v) is 4.24. The Bertz CT molecular complexity index is 450. The van der Waals surface area contributed by atoms with E-state index in [9.17, 15) is 0 Å². The van der Waals surface area contributed by atoms with E-state index in [1.165, 1.54) is 0 Å². The fourth-order valence-electron chi connectivity index (χ4n) is 1.24. The Labute approximate surface area is 86.5 Å². The van der Waals surface area contributed by atoms with Crippen LogP contribution in [-0.2, 0) is 0 Å². The number of rotatable bonds is 2. The lowest BCUT2D eigenvalue weighted by Crippen LogP contribution is -2.03. The largest absolute Gasteiger partial charge is 0.497 e. The van der Waals surface area contributed by atoms with Gasteiger partial charge in [-0.05, 0) is 25.1 Å². The zero-order chi connectivity index (χ0) is 10.1. The number of nitrogens with zero attached hydrogens (tertiary/aromatic N) is 1. The molecule has 0 bridgehead atoms. The fourth-order valence-corrected chi connectivity index (χ4v) is 2.19. The van der Waals surface area contributed by atoms with Gasteiger partial charge >= 0.3 is 0 Å². The van der Waals surface area contributed by atoms with Gasteiger partial charge in [0.15, 0.2) is 0 Å². The van der Waals surface area contributed by atoms with Gasteiger partial charge < -0.3 is 10.5 Å². The highest BCUT2D eigenvalue weighted by Gasteiger charge is 2.07. The molecule has 0 aliphatic heterocycles. The van der Waals surface area contributed by atoms with E-state index in [-0.39, 0.29) is 6.04 Å². The summed E-state index contributed by atoms with van der Waals surface area (Å²) in [6, 6.07) is 5.85. The summed E-state index contributed by atoms with van der Waals surface area (Å²) in [4.78, 5) is 4.43. The van der Waals surface area contributed by atoms with Gasteiger partial charge in [0.2, 0.25) is 0 Å². The summed E-state index contributed by atoms with van der Waals surface area (Å²) in [6.07, 6.45) is 0. The Morgan fingerprint density at radius 3 is 2.93 bits per heavy atom. The van der Waals surface area contributed by atoms with Gasteiger partial charge in [0.1, 0.15) is 10.8 Å². The second kappa shape index (κ2) is 3.55. The zero-order valence-electron chi connectivity index (χ0n) is 8.15. The predicted octanol–water partition coefficient (Wildman–Crippen LogP) is 2.32. The van der Waals surface area contributed by atoms with Crippen LogP contribution < -0.4 is 10.5 Å². The maximum Gasteiger partial charge on any atom is 0.120 e. The molecule has 1 aromatic heterocycles. The Kier molecular flexibility index (Phi) is 2.39. The van der Waals surface area contributed by atoms with Crippen LogP contribution in [0.4, 0.5) is 0 Å². The molecule has 1 atom stereocenters. The Morgan fingerprint density at radius 2 is 2.29 bits per heavy atom. The van der Waals surface area contributed by atoms with Crippen LogP contribution >= 0.6 is 11.3 Å². The highest BCUT2D eigenvalue weighted by Crippen LogP contribution is 2.28. The smallest absolute Gasteiger partial charge is 0.120 e. The average Bonchev–Trinajstić information content (AvgIpc) is 2.59. The molecule has 0 amide bonds. The second-order valence-electron chi connectivity index (χ2n) is 3.17. The Balaban J connectivity index is 2.54. The zero-order valence-corrected chi connectivity index (χ0v) is 8.97. The van der Waals surface area contributed by atoms with Crippen LogP contribution in [0.1, 0.15) is 18.0 Å². The predicted molar refractivity (Wildman–Crippen MR) is 58.8 cm³/mol. The Hall–Kier alpha value is -1.13. The van der Waals surface area contributed by atoms with E-state index >= 15 is 0 Å². The summed E-state index contributed by atoms with van der Waals surface area (Å²) in [5.74, 6) is 0.859. The van der Waals surface area contributed by atoms with Gasteiger partial charge in [-0.2, -0.15) is 0 Å². The molecular formula is C10H12N2OS. The van der Waals surface area contributed by atoms with E-state index in [1.807, 2.05) is 25.1 Å². The molecule has 2 N–H and O–H groups in total. The molecule has 0 aliphatic rings. The van der Waals surface area contributed by atoms with Crippen LogP contribution in [0.25, 0.3) is 10.2 Å². The first-order valence-electron chi connectivity index (χ1n) is 4.41. The van der Waals surface area contributed by atoms with Crippen LogP contribution in [0.5, 0.6) is 5.75 Å². The summed E-state index contributed by atoms with van der Waals surface area (Å²) < 4.78 is 6.26. The van der Waals surface area contributed by atoms with Crippen molar-refractivity contribution in [2.24, 2.45) is 5.73 Å². The molecule has 0 saturated heterocycles. The van der Waals surface area contributed by atoms with Gasteiger partial charge in [-0.1, -0.05) is 0 Å². The number of thiazole rings is 1. The van der Waals surface area contributed by atoms with Crippen LogP contribution in [0, 0.1) is 0 Å². The van der Waals surface area contributed by atoms with Gasteiger partial charge in [0.25, 0.3) is 0 Å². The van der Waals surface area contributed by atoms with E-state index in [1.54, 1.807) is 18.4 Å². The number of nitrogens with two attached hydrogens (primary N) is 1. The minimum atomic E-state index is -0.00149. The maximum atomic E-state index is 5.76. The summed E-state index contributed by atoms with van der Waals surface area (Å²) in [5, 5.41) is 0.966. The van der Waals surface area contributed by atoms with E-state index in [2.05, 4.69) is 4.98 Å². The number of fused-ring (bicyclic) bond motifs is 1. The van der Waals surface area contributed by atoms with Gasteiger partial charge in [0.05, 0.1) is 23.4 Å². The molecule has 2 aromatic rings. The molecular weight excluding hydrogens is 196 g/mol. The minimum Gasteiger partial charge on any atom is -0.497 e. The van der Waals surface area contributed by atoms with Crippen molar-refractivity contribution in [3.8, 4) is 5.75 Å². The quantitative estimate of drug-likeness (QED) is 0.824. The molecule has 4 heteroatoms. The highest BCUT2D eigenvalue weighted by molar-refractivity contribution is 7.18. The SMILES string of the molecule is COc1ccc2nc(C(C)N)sc2c1. The van der Waals surface area contributed by atoms with Gasteiger partial charge in [-0.15, -0.1) is 11.3 Å². The van der Waals surface area contributed by atoms with Crippen molar-refractivity contribution in [1.82, 2.24) is 4.98 Å². The van der Waals surface area contributed by atoms with E-state index in [0.29, 0.717) is 0 Å². The molecule has 1 heterocycles. The molecule has 0 spiro atoms. The summed E-state index contributed by atoms with van der Waals surface area (Å²) >= 11 is 1.62. The van der Waals surface area contributed by atoms with Gasteiger partial charge in [-0.3, -0.25) is 0 Å². The normalized spacial score (nSPS) is 13.1. The van der Waals surface area contributed by atoms with Crippen molar-refractivity contribution in [2.75, 3.05) is 7.11 Å². The van der Waals surface area contributed by atoms with Gasteiger partial charge in [-0.25, -0.2) is 4.98 Å². The van der Waals surface area contributed by atoms with Gasteiger partial charge in [0, 0.05) is 0 Å². The van der Waals surface area contributed by atoms with Crippen LogP contribution in [0.2, 0.25) is 0 Å². The average molecular weight is 208 g/mol. The first-order valence-corrected chi connectivity index (χ1v) is 5.22. The lowest BCUT2D eigenvalue weighted by Gasteiger charge is -1.96. The third kappa shape index (κ3) is 1.58. The highest BCUT2D eigenvalue weighted by atomic mass is 32.1. The summed E-state index contributed by atoms with van der Waals surface area (Å²) in [7, 11) is 1.66. The lowest BCUT2D eigenvalue weighted by atomic mass is 10.3. The molecule has 74 valence electrons. The van der Waals surface area contributed by atoms with E-state index in [4.69, 9.17) is 10.5 Å². The third-order valence-electron chi connectivity index (χ3n) is 2.00. The standard InChI is InChI=1S/C10H12N2OS/c1-6(11)10-12-8-4-3-7(13-2)5-9(8)14-10/h3-6H,11H2,1-2H3. The number of aromatic nitrogens is 1. The number of hydrogen-bond acceptors (Lipinski definition) is 4. The van der Waals surface area contributed by atoms with Crippen molar-refractivity contribution < 1.29 is 4.74 Å². The first kappa shape index (κ1) is 9.43. The molecule has 14 heavy (non-hydrogen) atoms. The van der Waals surface area contributed by atoms with Crippen molar-refractivity contribution >= 4 is 21.6 Å². The van der Waals surface area contributed by atoms with Crippen LogP contribution in [-0.4, -0.2) is 12.1 Å². The molecule has 3 nitrogen and oxygen atoms in total. The van der Waals surface area contributed by atoms with Crippen molar-refractivity contribution in [3.63, 3.8) is 0 Å². The van der Waals surface area contributed by atoms with Crippen molar-refractivity contribution in [1.29, 1.82) is 0 Å². The summed E-state index contributed by atoms with van der Waals surface area (Å²) in [6.45, 7) is 1.94. The monoisotopic (exact) mass is 208 g/mol. The first-order chi connectivity index (χ1) is 6.70. The molecule has 0 aliphatic carbocycles. The number of benzene rings is 1. The number of hydrogen-bond donors (Lipinski definition) is 1. The number of ether oxygens (including phenoxy) is 1. The topological polar surface area (TPSA) is 48.1 Å². The minimum absolute atomic E-state index is 0.00149. The van der Waals surface area contributed by atoms with Crippen LogP contribution in [0.3, 0.4) is 0 Å². The van der Waals surface area contributed by atoms with Crippen molar-refractivity contribution in [2.45, 2.75) is 13.0 Å². The Morgan fingerprint density at radius 1 is 1.50 bits per heavy atom. The van der Waals surface area contributed by atoms with Crippen LogP contribution in [0.15, 0.2) is 18.2 Å². The molecule has 0 fully saturated rings. The van der Waals surface area contributed by atoms with E-state index in [0.717, 1.165) is 21.0 Å². The molecule has 0 radical (unpaired) electrons. The van der Waals surface area contributed by atoms with E-state index < -0.39 is 0 Å². The molecule has 0 saturated carbocycles. The molecule has 1 unspecified atom stereocenters. The fraction of sp³-hybridized carbons (Fsp3) is 0.300. The number of methoxy groups -OCH3 is 1. The third-order valence-corrected chi connectivity index (χ3v) is 3.22. The molecule has 2 rings (SSSR count). The maximum absolute atomic E-state index is 5.76. The van der Waals surface area contributed by atoms with Crippen molar-refractivity contribution in [3.05, 3.63) is 23.2 Å². The molecule has 1 aromatic carbocycles. The lowest BCUT2D eigenvalue weighted by molar-refractivity contribution is 0.415.